The number of nitrogens with zero attached hydrogens (tertiary/aromatic N) is 7. The van der Waals surface area contributed by atoms with Gasteiger partial charge in [0, 0.05) is 62.2 Å². The molecule has 6 aromatic rings. The van der Waals surface area contributed by atoms with Crippen molar-refractivity contribution in [1.82, 2.24) is 14.7 Å². The molecule has 420 valence electrons. The number of hydrogen-bond donors (Lipinski definition) is 1. The van der Waals surface area contributed by atoms with E-state index in [9.17, 15) is 39.6 Å². The molecule has 4 aliphatic heterocycles. The largest absolute Gasteiger partial charge is 0.508 e. The Morgan fingerprint density at radius 3 is 1.56 bits per heavy atom. The lowest BCUT2D eigenvalue weighted by Crippen LogP contribution is -2.56. The van der Waals surface area contributed by atoms with Crippen LogP contribution < -0.4 is 19.3 Å². The molecule has 2 fully saturated rings. The topological polar surface area (TPSA) is 197 Å². The van der Waals surface area contributed by atoms with E-state index in [1.807, 2.05) is 70.2 Å². The fourth-order valence-corrected chi connectivity index (χ4v) is 10.1. The molecule has 0 radical (unpaired) electrons. The summed E-state index contributed by atoms with van der Waals surface area (Å²) in [5.41, 5.74) is 5.65. The number of ether oxygens (including phenoxy) is 3. The second-order valence-corrected chi connectivity index (χ2v) is 21.4. The second-order valence-electron chi connectivity index (χ2n) is 21.0. The summed E-state index contributed by atoms with van der Waals surface area (Å²) in [4.78, 5) is 68.0. The number of allylic oxidation sites excluding steroid dienone is 1. The van der Waals surface area contributed by atoms with Gasteiger partial charge < -0.3 is 43.8 Å². The Balaban J connectivity index is 0.000000195. The van der Waals surface area contributed by atoms with Crippen LogP contribution in [0.3, 0.4) is 0 Å². The highest BCUT2D eigenvalue weighted by Crippen LogP contribution is 2.44. The van der Waals surface area contributed by atoms with Crippen LogP contribution in [0.25, 0.3) is 43.8 Å². The molecule has 4 aliphatic rings. The molecule has 4 heterocycles. The molecular formula is C64H68ClN7O9. The minimum Gasteiger partial charge on any atom is -0.508 e. The summed E-state index contributed by atoms with van der Waals surface area (Å²) in [6, 6.07) is 34.9. The van der Waals surface area contributed by atoms with Gasteiger partial charge in [-0.05, 0) is 146 Å². The number of benzene rings is 6. The molecule has 1 N–H and O–H groups in total. The van der Waals surface area contributed by atoms with E-state index in [4.69, 9.17) is 25.8 Å². The zero-order valence-electron chi connectivity index (χ0n) is 47.0. The van der Waals surface area contributed by atoms with Crippen LogP contribution in [0.4, 0.5) is 16.2 Å². The molecule has 0 spiro atoms. The van der Waals surface area contributed by atoms with Crippen molar-refractivity contribution in [3.63, 3.8) is 0 Å². The van der Waals surface area contributed by atoms with Gasteiger partial charge in [0.05, 0.1) is 34.6 Å². The van der Waals surface area contributed by atoms with Crippen LogP contribution in [-0.2, 0) is 23.9 Å². The molecule has 4 amide bonds. The normalized spacial score (nSPS) is 14.6. The SMILES string of the molecule is C=CC(=O)Cl.C=CC(=O)N1CC(CN2C(=O)COc3cc(-c4cc(O)cc5ccccc45)c(C#N)cc32)C1.CCN(CC)CC.Cc1cc(-c2cc3c(cc2C#N)N(CC2CN(C(=O)OC(C)(C)C)C2)C(=O)CO3)c2ccccc2c1. The first-order valence-corrected chi connectivity index (χ1v) is 27.3. The van der Waals surface area contributed by atoms with Crippen molar-refractivity contribution in [3.05, 3.63) is 139 Å². The monoisotopic (exact) mass is 1110 g/mol. The number of rotatable bonds is 11. The molecule has 6 aromatic carbocycles. The number of carbonyl (C=O) groups excluding carboxylic acids is 5. The highest BCUT2D eigenvalue weighted by Gasteiger charge is 2.39. The first-order chi connectivity index (χ1) is 38.7. The van der Waals surface area contributed by atoms with Gasteiger partial charge in [0.25, 0.3) is 11.8 Å². The molecule has 0 unspecified atom stereocenters. The number of nitriles is 2. The maximum Gasteiger partial charge on any atom is 0.410 e. The van der Waals surface area contributed by atoms with Crippen molar-refractivity contribution in [2.75, 3.05) is 81.9 Å². The molecule has 17 heteroatoms. The van der Waals surface area contributed by atoms with Gasteiger partial charge in [-0.15, -0.1) is 0 Å². The van der Waals surface area contributed by atoms with E-state index >= 15 is 0 Å². The molecule has 2 saturated heterocycles. The van der Waals surface area contributed by atoms with Crippen LogP contribution in [0.1, 0.15) is 58.2 Å². The average Bonchev–Trinajstić information content (AvgIpc) is 3.43. The Morgan fingerprint density at radius 2 is 1.14 bits per heavy atom. The van der Waals surface area contributed by atoms with Crippen LogP contribution >= 0.6 is 11.6 Å². The van der Waals surface area contributed by atoms with Gasteiger partial charge >= 0.3 is 6.09 Å². The fraction of sp³-hybridized carbons (Fsp3) is 0.328. The van der Waals surface area contributed by atoms with Gasteiger partial charge in [-0.3, -0.25) is 19.2 Å². The number of amides is 4. The first kappa shape index (κ1) is 60.0. The van der Waals surface area contributed by atoms with Crippen molar-refractivity contribution >= 4 is 73.6 Å². The third kappa shape index (κ3) is 14.4. The summed E-state index contributed by atoms with van der Waals surface area (Å²) in [6.07, 6.45) is 1.99. The smallest absolute Gasteiger partial charge is 0.410 e. The molecular weight excluding hydrogens is 1050 g/mol. The number of hydrogen-bond acceptors (Lipinski definition) is 12. The third-order valence-corrected chi connectivity index (χ3v) is 14.3. The number of phenolic OH excluding ortho intramolecular Hbond substituents is 1. The van der Waals surface area contributed by atoms with Gasteiger partial charge in [-0.2, -0.15) is 10.5 Å². The molecule has 0 saturated carbocycles. The van der Waals surface area contributed by atoms with Crippen LogP contribution in [0.15, 0.2) is 122 Å². The van der Waals surface area contributed by atoms with Crippen molar-refractivity contribution in [2.45, 2.75) is 54.1 Å². The third-order valence-electron chi connectivity index (χ3n) is 14.2. The Kier molecular flexibility index (Phi) is 19.6. The Morgan fingerprint density at radius 1 is 0.691 bits per heavy atom. The van der Waals surface area contributed by atoms with Gasteiger partial charge in [0.15, 0.2) is 13.2 Å². The molecule has 0 bridgehead atoms. The summed E-state index contributed by atoms with van der Waals surface area (Å²) in [5, 5.41) is 33.6. The number of aryl methyl sites for hydroxylation is 1. The van der Waals surface area contributed by atoms with E-state index < -0.39 is 10.8 Å². The molecule has 81 heavy (non-hydrogen) atoms. The number of aromatic hydroxyl groups is 1. The summed E-state index contributed by atoms with van der Waals surface area (Å²) in [7, 11) is 0. The summed E-state index contributed by atoms with van der Waals surface area (Å²) < 4.78 is 17.0. The average molecular weight is 1110 g/mol. The number of fused-ring (bicyclic) bond motifs is 4. The highest BCUT2D eigenvalue weighted by molar-refractivity contribution is 6.66. The van der Waals surface area contributed by atoms with Crippen molar-refractivity contribution in [2.24, 2.45) is 11.8 Å². The molecule has 0 aliphatic carbocycles. The minimum absolute atomic E-state index is 0.0601. The van der Waals surface area contributed by atoms with E-state index in [-0.39, 0.29) is 54.6 Å². The lowest BCUT2D eigenvalue weighted by atomic mass is 9.92. The fourth-order valence-electron chi connectivity index (χ4n) is 10.1. The van der Waals surface area contributed by atoms with Crippen molar-refractivity contribution in [3.8, 4) is 51.6 Å². The van der Waals surface area contributed by atoms with E-state index in [2.05, 4.69) is 75.2 Å². The quantitative estimate of drug-likeness (QED) is 0.0953. The summed E-state index contributed by atoms with van der Waals surface area (Å²) in [5.74, 6) is 1.00. The van der Waals surface area contributed by atoms with Gasteiger partial charge in [0.1, 0.15) is 22.8 Å². The highest BCUT2D eigenvalue weighted by atomic mass is 35.5. The predicted octanol–water partition coefficient (Wildman–Crippen LogP) is 11.0. The van der Waals surface area contributed by atoms with Crippen molar-refractivity contribution in [1.29, 1.82) is 10.5 Å². The number of halogens is 1. The van der Waals surface area contributed by atoms with E-state index in [1.165, 1.54) is 25.7 Å². The lowest BCUT2D eigenvalue weighted by molar-refractivity contribution is -0.132. The number of carbonyl (C=O) groups is 5. The Bertz CT molecular complexity index is 3470. The first-order valence-electron chi connectivity index (χ1n) is 26.9. The lowest BCUT2D eigenvalue weighted by Gasteiger charge is -2.42. The maximum absolute atomic E-state index is 12.8. The zero-order chi connectivity index (χ0) is 58.7. The second kappa shape index (κ2) is 26.5. The molecule has 0 aromatic heterocycles. The van der Waals surface area contributed by atoms with E-state index in [0.29, 0.717) is 78.8 Å². The van der Waals surface area contributed by atoms with Gasteiger partial charge in [0.2, 0.25) is 11.1 Å². The summed E-state index contributed by atoms with van der Waals surface area (Å²) in [6.45, 7) is 27.2. The number of phenols is 1. The predicted molar refractivity (Wildman–Crippen MR) is 316 cm³/mol. The molecule has 16 nitrogen and oxygen atoms in total. The standard InChI is InChI=1S/C29H29N3O4.C26H21N3O4.C6H15N.C3H3ClO/c1-18-9-20-7-5-6-8-22(20)24(10-18)23-12-26-25(11-21(23)13-30)32(27(33)17-35-26)16-19-14-31(15-19)28(34)36-29(2,3)4;1-2-25(31)28-12-16(13-28)14-29-23-8-18(11-27)21(10-24(23)33-15-26(29)32)22-9-19(30)7-17-5-3-4-6-20(17)22;1-4-7(5-2)6-3;1-2-3(4)5/h5-12,19H,14-17H2,1-4H3;2-10,16,30H,1,12-15H2;4-6H2,1-3H3;2H,1H2. The molecule has 10 rings (SSSR count). The van der Waals surface area contributed by atoms with Gasteiger partial charge in [-0.25, -0.2) is 4.79 Å². The van der Waals surface area contributed by atoms with Crippen molar-refractivity contribution < 1.29 is 43.3 Å². The van der Waals surface area contributed by atoms with Gasteiger partial charge in [-0.1, -0.05) is 94.6 Å². The van der Waals surface area contributed by atoms with E-state index in [0.717, 1.165) is 49.9 Å². The van der Waals surface area contributed by atoms with Crippen LogP contribution in [-0.4, -0.2) is 127 Å². The Hall–Kier alpha value is -8.70. The number of anilines is 2. The Labute approximate surface area is 478 Å². The molecule has 0 atom stereocenters. The number of likely N-dealkylation sites (tertiary alicyclic amines) is 2. The van der Waals surface area contributed by atoms with E-state index in [1.54, 1.807) is 49.9 Å². The minimum atomic E-state index is -0.546. The van der Waals surface area contributed by atoms with Crippen LogP contribution in [0.5, 0.6) is 17.2 Å². The van der Waals surface area contributed by atoms with Crippen LogP contribution in [0, 0.1) is 41.4 Å². The van der Waals surface area contributed by atoms with Crippen LogP contribution in [0.2, 0.25) is 0 Å². The zero-order valence-corrected chi connectivity index (χ0v) is 47.7. The summed E-state index contributed by atoms with van der Waals surface area (Å²) >= 11 is 4.71. The maximum atomic E-state index is 12.8.